The lowest BCUT2D eigenvalue weighted by Crippen LogP contribution is -2.10. The fourth-order valence-corrected chi connectivity index (χ4v) is 3.66. The lowest BCUT2D eigenvalue weighted by molar-refractivity contribution is 0.501. The van der Waals surface area contributed by atoms with E-state index < -0.39 is 0 Å². The van der Waals surface area contributed by atoms with Crippen LogP contribution in [0.15, 0.2) is 50.6 Å². The smallest absolute Gasteiger partial charge is 0.198 e. The number of hydrogen-bond donors (Lipinski definition) is 0. The van der Waals surface area contributed by atoms with Gasteiger partial charge in [-0.2, -0.15) is 0 Å². The van der Waals surface area contributed by atoms with Crippen molar-refractivity contribution >= 4 is 0 Å². The fourth-order valence-electron chi connectivity index (χ4n) is 3.66. The van der Waals surface area contributed by atoms with Gasteiger partial charge in [0.25, 0.3) is 0 Å². The molecule has 138 valence electrons. The molecule has 0 aliphatic rings. The topological polar surface area (TPSA) is 78.1 Å². The fraction of sp³-hybridized carbons (Fsp3) is 0.286. The summed E-state index contributed by atoms with van der Waals surface area (Å²) in [6, 6.07) is 0. The average Bonchev–Trinajstić information content (AvgIpc) is 3.43. The highest BCUT2D eigenvalue weighted by molar-refractivity contribution is 5.52. The lowest BCUT2D eigenvalue weighted by atomic mass is 9.84. The third kappa shape index (κ3) is 3.43. The average molecular weight is 363 g/mol. The molecule has 0 saturated carbocycles. The molecule has 27 heavy (non-hydrogen) atoms. The molecule has 3 heterocycles. The van der Waals surface area contributed by atoms with E-state index in [1.165, 1.54) is 33.4 Å². The molecule has 0 radical (unpaired) electrons. The predicted molar refractivity (Wildman–Crippen MR) is 98.6 cm³/mol. The normalized spacial score (nSPS) is 11.2. The first-order valence-corrected chi connectivity index (χ1v) is 8.89. The Morgan fingerprint density at radius 2 is 0.852 bits per heavy atom. The summed E-state index contributed by atoms with van der Waals surface area (Å²) < 4.78 is 16.5. The zero-order chi connectivity index (χ0) is 18.8. The molecule has 0 unspecified atom stereocenters. The van der Waals surface area contributed by atoms with Crippen LogP contribution in [0.2, 0.25) is 0 Å². The van der Waals surface area contributed by atoms with Gasteiger partial charge in [-0.3, -0.25) is 0 Å². The summed E-state index contributed by atoms with van der Waals surface area (Å²) in [6.07, 6.45) is 11.8. The second-order valence-electron chi connectivity index (χ2n) is 6.62. The molecule has 0 amide bonds. The molecule has 0 fully saturated rings. The Bertz CT molecular complexity index is 863. The minimum atomic E-state index is 0.641. The summed E-state index contributed by atoms with van der Waals surface area (Å²) in [6.45, 7) is 6.43. The van der Waals surface area contributed by atoms with Crippen molar-refractivity contribution in [2.45, 2.75) is 40.0 Å². The molecule has 3 aromatic heterocycles. The number of aromatic nitrogens is 3. The molecule has 0 aliphatic heterocycles. The van der Waals surface area contributed by atoms with Crippen LogP contribution in [0.5, 0.6) is 0 Å². The van der Waals surface area contributed by atoms with Crippen molar-refractivity contribution in [1.29, 1.82) is 0 Å². The van der Waals surface area contributed by atoms with E-state index >= 15 is 0 Å². The summed E-state index contributed by atoms with van der Waals surface area (Å²) in [5.74, 6) is 2.11. The first-order valence-electron chi connectivity index (χ1n) is 8.89. The van der Waals surface area contributed by atoms with Crippen LogP contribution < -0.4 is 0 Å². The molecule has 4 aromatic rings. The summed E-state index contributed by atoms with van der Waals surface area (Å²) >= 11 is 0. The number of rotatable bonds is 6. The van der Waals surface area contributed by atoms with Gasteiger partial charge in [0.05, 0.1) is 18.6 Å². The van der Waals surface area contributed by atoms with E-state index in [9.17, 15) is 0 Å². The van der Waals surface area contributed by atoms with Crippen molar-refractivity contribution in [3.63, 3.8) is 0 Å². The first kappa shape index (κ1) is 17.3. The van der Waals surface area contributed by atoms with E-state index in [0.717, 1.165) is 0 Å². The number of nitrogens with zero attached hydrogens (tertiary/aromatic N) is 3. The minimum absolute atomic E-state index is 0.641. The van der Waals surface area contributed by atoms with Gasteiger partial charge in [0.1, 0.15) is 18.8 Å². The number of hydrogen-bond acceptors (Lipinski definition) is 6. The second kappa shape index (κ2) is 7.23. The number of benzene rings is 1. The monoisotopic (exact) mass is 363 g/mol. The van der Waals surface area contributed by atoms with Crippen LogP contribution >= 0.6 is 0 Å². The second-order valence-corrected chi connectivity index (χ2v) is 6.62. The Morgan fingerprint density at radius 3 is 1.07 bits per heavy atom. The van der Waals surface area contributed by atoms with Gasteiger partial charge in [0.2, 0.25) is 0 Å². The third-order valence-electron chi connectivity index (χ3n) is 5.15. The highest BCUT2D eigenvalue weighted by atomic mass is 16.3. The largest absolute Gasteiger partial charge is 0.449 e. The lowest BCUT2D eigenvalue weighted by Gasteiger charge is -2.21. The molecule has 0 spiro atoms. The van der Waals surface area contributed by atoms with Crippen LogP contribution in [0.25, 0.3) is 0 Å². The van der Waals surface area contributed by atoms with Crippen LogP contribution in [-0.4, -0.2) is 15.0 Å². The Balaban J connectivity index is 1.83. The SMILES string of the molecule is Cc1c(Cc2ncco2)c(C)c(Cc2ncco2)c(C)c1Cc1ncco1. The van der Waals surface area contributed by atoms with E-state index in [-0.39, 0.29) is 0 Å². The maximum Gasteiger partial charge on any atom is 0.198 e. The van der Waals surface area contributed by atoms with Crippen LogP contribution in [0, 0.1) is 20.8 Å². The van der Waals surface area contributed by atoms with Crippen molar-refractivity contribution in [2.75, 3.05) is 0 Å². The van der Waals surface area contributed by atoms with Crippen molar-refractivity contribution < 1.29 is 13.3 Å². The number of oxazole rings is 3. The molecule has 0 saturated heterocycles. The van der Waals surface area contributed by atoms with E-state index in [1.807, 2.05) is 0 Å². The van der Waals surface area contributed by atoms with E-state index in [4.69, 9.17) is 13.3 Å². The first-order chi connectivity index (χ1) is 13.1. The maximum atomic E-state index is 5.50. The van der Waals surface area contributed by atoms with Crippen LogP contribution in [0.3, 0.4) is 0 Å². The molecule has 1 aromatic carbocycles. The van der Waals surface area contributed by atoms with Gasteiger partial charge in [-0.1, -0.05) is 0 Å². The van der Waals surface area contributed by atoms with Crippen molar-refractivity contribution in [3.8, 4) is 0 Å². The van der Waals surface area contributed by atoms with E-state index in [0.29, 0.717) is 36.9 Å². The Morgan fingerprint density at radius 1 is 0.556 bits per heavy atom. The van der Waals surface area contributed by atoms with Gasteiger partial charge in [-0.25, -0.2) is 15.0 Å². The van der Waals surface area contributed by atoms with E-state index in [2.05, 4.69) is 35.7 Å². The highest BCUT2D eigenvalue weighted by Gasteiger charge is 2.20. The van der Waals surface area contributed by atoms with Gasteiger partial charge in [-0.05, 0) is 54.2 Å². The molecule has 4 rings (SSSR count). The van der Waals surface area contributed by atoms with Gasteiger partial charge in [0.15, 0.2) is 17.7 Å². The van der Waals surface area contributed by atoms with Crippen LogP contribution in [0.1, 0.15) is 51.1 Å². The van der Waals surface area contributed by atoms with Crippen LogP contribution in [-0.2, 0) is 19.3 Å². The van der Waals surface area contributed by atoms with Gasteiger partial charge >= 0.3 is 0 Å². The Labute approximate surface area is 157 Å². The molecular formula is C21H21N3O3. The molecule has 6 nitrogen and oxygen atoms in total. The van der Waals surface area contributed by atoms with Gasteiger partial charge in [-0.15, -0.1) is 0 Å². The van der Waals surface area contributed by atoms with Crippen molar-refractivity contribution in [1.82, 2.24) is 15.0 Å². The molecule has 0 bridgehead atoms. The van der Waals surface area contributed by atoms with Crippen molar-refractivity contribution in [3.05, 3.63) is 88.4 Å². The van der Waals surface area contributed by atoms with Crippen LogP contribution in [0.4, 0.5) is 0 Å². The summed E-state index contributed by atoms with van der Waals surface area (Å²) in [4.78, 5) is 12.9. The summed E-state index contributed by atoms with van der Waals surface area (Å²) in [7, 11) is 0. The molecule has 0 N–H and O–H groups in total. The van der Waals surface area contributed by atoms with Crippen molar-refractivity contribution in [2.24, 2.45) is 0 Å². The highest BCUT2D eigenvalue weighted by Crippen LogP contribution is 2.31. The zero-order valence-corrected chi connectivity index (χ0v) is 15.7. The summed E-state index contributed by atoms with van der Waals surface area (Å²) in [5, 5.41) is 0. The molecular weight excluding hydrogens is 342 g/mol. The third-order valence-corrected chi connectivity index (χ3v) is 5.15. The molecule has 6 heteroatoms. The maximum absolute atomic E-state index is 5.50. The Hall–Kier alpha value is -3.15. The molecule has 0 atom stereocenters. The van der Waals surface area contributed by atoms with Gasteiger partial charge in [0, 0.05) is 19.3 Å². The zero-order valence-electron chi connectivity index (χ0n) is 15.7. The predicted octanol–water partition coefficient (Wildman–Crippen LogP) is 4.35. The summed E-state index contributed by atoms with van der Waals surface area (Å²) in [5.41, 5.74) is 7.30. The quantitative estimate of drug-likeness (QED) is 0.507. The molecule has 0 aliphatic carbocycles. The Kier molecular flexibility index (Phi) is 4.62. The van der Waals surface area contributed by atoms with E-state index in [1.54, 1.807) is 37.4 Å². The standard InChI is InChI=1S/C21H21N3O3/c1-13-16(10-19-22-4-7-25-19)14(2)18(12-21-24-6-9-27-21)15(3)17(13)11-20-23-5-8-26-20/h4-9H,10-12H2,1-3H3. The minimum Gasteiger partial charge on any atom is -0.449 e. The van der Waals surface area contributed by atoms with Gasteiger partial charge < -0.3 is 13.3 Å².